The summed E-state index contributed by atoms with van der Waals surface area (Å²) in [5.74, 6) is 0. The quantitative estimate of drug-likeness (QED) is 0.642. The van der Waals surface area contributed by atoms with Crippen molar-refractivity contribution in [1.29, 1.82) is 0 Å². The Kier molecular flexibility index (Phi) is 2.01. The zero-order chi connectivity index (χ0) is 9.26. The normalized spacial score (nSPS) is 10.6. The van der Waals surface area contributed by atoms with Gasteiger partial charge in [-0.05, 0) is 36.6 Å². The van der Waals surface area contributed by atoms with Gasteiger partial charge in [-0.3, -0.25) is 4.98 Å². The summed E-state index contributed by atoms with van der Waals surface area (Å²) in [6.45, 7) is 4.27. The fourth-order valence-corrected chi connectivity index (χ4v) is 1.63. The van der Waals surface area contributed by atoms with Crippen molar-refractivity contribution < 1.29 is 0 Å². The van der Waals surface area contributed by atoms with Crippen molar-refractivity contribution in [3.8, 4) is 0 Å². The third-order valence-electron chi connectivity index (χ3n) is 2.37. The van der Waals surface area contributed by atoms with Gasteiger partial charge < -0.3 is 0 Å². The van der Waals surface area contributed by atoms with Crippen LogP contribution in [0.4, 0.5) is 0 Å². The van der Waals surface area contributed by atoms with E-state index in [4.69, 9.17) is 0 Å². The summed E-state index contributed by atoms with van der Waals surface area (Å²) in [5, 5.41) is 1.29. The number of hydrogen-bond acceptors (Lipinski definition) is 1. The molecule has 0 spiro atoms. The fraction of sp³-hybridized carbons (Fsp3) is 0.250. The van der Waals surface area contributed by atoms with Crippen LogP contribution in [0, 0.1) is 6.92 Å². The highest BCUT2D eigenvalue weighted by Crippen LogP contribution is 2.17. The summed E-state index contributed by atoms with van der Waals surface area (Å²) < 4.78 is 0. The van der Waals surface area contributed by atoms with Crippen molar-refractivity contribution in [3.05, 3.63) is 41.6 Å². The molecule has 0 saturated heterocycles. The minimum absolute atomic E-state index is 1.07. The van der Waals surface area contributed by atoms with Gasteiger partial charge in [0.2, 0.25) is 0 Å². The van der Waals surface area contributed by atoms with Crippen molar-refractivity contribution in [2.75, 3.05) is 0 Å². The monoisotopic (exact) mass is 171 g/mol. The molecule has 1 aromatic carbocycles. The molecule has 13 heavy (non-hydrogen) atoms. The number of fused-ring (bicyclic) bond motifs is 1. The van der Waals surface area contributed by atoms with Gasteiger partial charge in [-0.25, -0.2) is 0 Å². The number of aryl methyl sites for hydroxylation is 2. The van der Waals surface area contributed by atoms with E-state index in [2.05, 4.69) is 43.1 Å². The molecule has 0 N–H and O–H groups in total. The van der Waals surface area contributed by atoms with Crippen LogP contribution in [0.1, 0.15) is 18.1 Å². The van der Waals surface area contributed by atoms with E-state index in [1.54, 1.807) is 0 Å². The van der Waals surface area contributed by atoms with Crippen LogP contribution in [0.25, 0.3) is 10.9 Å². The van der Waals surface area contributed by atoms with Crippen LogP contribution in [-0.2, 0) is 6.42 Å². The fourth-order valence-electron chi connectivity index (χ4n) is 1.63. The van der Waals surface area contributed by atoms with Gasteiger partial charge in [0.05, 0.1) is 5.52 Å². The molecule has 0 saturated carbocycles. The second kappa shape index (κ2) is 3.17. The number of hydrogen-bond donors (Lipinski definition) is 0. The molecule has 0 fully saturated rings. The maximum atomic E-state index is 4.35. The van der Waals surface area contributed by atoms with E-state index in [1.807, 2.05) is 6.20 Å². The molecule has 1 nitrogen and oxygen atoms in total. The van der Waals surface area contributed by atoms with Crippen molar-refractivity contribution >= 4 is 10.9 Å². The van der Waals surface area contributed by atoms with E-state index >= 15 is 0 Å². The molecule has 0 aliphatic heterocycles. The highest BCUT2D eigenvalue weighted by atomic mass is 14.6. The molecule has 0 unspecified atom stereocenters. The van der Waals surface area contributed by atoms with Crippen LogP contribution in [-0.4, -0.2) is 4.98 Å². The maximum absolute atomic E-state index is 4.35. The predicted octanol–water partition coefficient (Wildman–Crippen LogP) is 3.11. The van der Waals surface area contributed by atoms with Gasteiger partial charge >= 0.3 is 0 Å². The molecular formula is C12H13N. The molecule has 2 aromatic rings. The summed E-state index contributed by atoms with van der Waals surface area (Å²) in [4.78, 5) is 4.35. The Hall–Kier alpha value is -1.37. The predicted molar refractivity (Wildman–Crippen MR) is 55.9 cm³/mol. The van der Waals surface area contributed by atoms with Gasteiger partial charge in [0.1, 0.15) is 0 Å². The average Bonchev–Trinajstić information content (AvgIpc) is 2.16. The Morgan fingerprint density at radius 1 is 1.23 bits per heavy atom. The van der Waals surface area contributed by atoms with Gasteiger partial charge in [-0.2, -0.15) is 0 Å². The number of nitrogens with zero attached hydrogens (tertiary/aromatic N) is 1. The maximum Gasteiger partial charge on any atom is 0.0707 e. The molecule has 1 aromatic heterocycles. The van der Waals surface area contributed by atoms with Crippen LogP contribution < -0.4 is 0 Å². The van der Waals surface area contributed by atoms with Gasteiger partial charge in [0.15, 0.2) is 0 Å². The van der Waals surface area contributed by atoms with Gasteiger partial charge in [0.25, 0.3) is 0 Å². The van der Waals surface area contributed by atoms with Crippen molar-refractivity contribution in [2.24, 2.45) is 0 Å². The van der Waals surface area contributed by atoms with E-state index in [0.29, 0.717) is 0 Å². The molecule has 2 rings (SSSR count). The first kappa shape index (κ1) is 8.24. The van der Waals surface area contributed by atoms with Crippen molar-refractivity contribution in [1.82, 2.24) is 4.98 Å². The minimum atomic E-state index is 1.07. The van der Waals surface area contributed by atoms with Crippen LogP contribution in [0.2, 0.25) is 0 Å². The van der Waals surface area contributed by atoms with Crippen molar-refractivity contribution in [2.45, 2.75) is 20.3 Å². The number of benzene rings is 1. The molecule has 0 amide bonds. The first-order valence-electron chi connectivity index (χ1n) is 4.65. The Balaban J connectivity index is 2.77. The average molecular weight is 171 g/mol. The Morgan fingerprint density at radius 3 is 2.85 bits per heavy atom. The van der Waals surface area contributed by atoms with E-state index in [1.165, 1.54) is 16.5 Å². The van der Waals surface area contributed by atoms with E-state index in [0.717, 1.165) is 11.9 Å². The molecule has 0 radical (unpaired) electrons. The Bertz CT molecular complexity index is 432. The number of pyridine rings is 1. The van der Waals surface area contributed by atoms with Crippen molar-refractivity contribution in [3.63, 3.8) is 0 Å². The molecule has 0 aliphatic rings. The zero-order valence-electron chi connectivity index (χ0n) is 8.04. The molecule has 1 heteroatoms. The van der Waals surface area contributed by atoms with Crippen LogP contribution in [0.15, 0.2) is 30.5 Å². The first-order chi connectivity index (χ1) is 6.31. The van der Waals surface area contributed by atoms with E-state index in [-0.39, 0.29) is 0 Å². The molecule has 0 bridgehead atoms. The molecule has 1 heterocycles. The number of rotatable bonds is 1. The third kappa shape index (κ3) is 1.42. The van der Waals surface area contributed by atoms with Crippen LogP contribution >= 0.6 is 0 Å². The largest absolute Gasteiger partial charge is 0.256 e. The zero-order valence-corrected chi connectivity index (χ0v) is 8.04. The summed E-state index contributed by atoms with van der Waals surface area (Å²) >= 11 is 0. The topological polar surface area (TPSA) is 12.9 Å². The van der Waals surface area contributed by atoms with Gasteiger partial charge in [-0.1, -0.05) is 19.1 Å². The van der Waals surface area contributed by atoms with Crippen LogP contribution in [0.5, 0.6) is 0 Å². The third-order valence-corrected chi connectivity index (χ3v) is 2.37. The SMILES string of the molecule is CCc1ccnc2cc(C)ccc12. The van der Waals surface area contributed by atoms with Gasteiger partial charge in [0, 0.05) is 11.6 Å². The lowest BCUT2D eigenvalue weighted by Crippen LogP contribution is -1.86. The lowest BCUT2D eigenvalue weighted by molar-refractivity contribution is 1.15. The van der Waals surface area contributed by atoms with Crippen LogP contribution in [0.3, 0.4) is 0 Å². The minimum Gasteiger partial charge on any atom is -0.256 e. The number of aromatic nitrogens is 1. The molecule has 66 valence electrons. The second-order valence-corrected chi connectivity index (χ2v) is 3.34. The van der Waals surface area contributed by atoms with E-state index < -0.39 is 0 Å². The van der Waals surface area contributed by atoms with Gasteiger partial charge in [-0.15, -0.1) is 0 Å². The highest BCUT2D eigenvalue weighted by molar-refractivity contribution is 5.82. The lowest BCUT2D eigenvalue weighted by Gasteiger charge is -2.03. The smallest absolute Gasteiger partial charge is 0.0707 e. The Labute approximate surface area is 78.4 Å². The Morgan fingerprint density at radius 2 is 2.08 bits per heavy atom. The summed E-state index contributed by atoms with van der Waals surface area (Å²) in [6, 6.07) is 8.53. The highest BCUT2D eigenvalue weighted by Gasteiger charge is 1.98. The lowest BCUT2D eigenvalue weighted by atomic mass is 10.1. The first-order valence-corrected chi connectivity index (χ1v) is 4.65. The summed E-state index contributed by atoms with van der Waals surface area (Å²) in [6.07, 6.45) is 2.96. The summed E-state index contributed by atoms with van der Waals surface area (Å²) in [5.41, 5.74) is 3.76. The molecular weight excluding hydrogens is 158 g/mol. The second-order valence-electron chi connectivity index (χ2n) is 3.34. The standard InChI is InChI=1S/C12H13N/c1-3-10-6-7-13-12-8-9(2)4-5-11(10)12/h4-8H,3H2,1-2H3. The molecule has 0 atom stereocenters. The summed E-state index contributed by atoms with van der Waals surface area (Å²) in [7, 11) is 0. The van der Waals surface area contributed by atoms with E-state index in [9.17, 15) is 0 Å². The molecule has 0 aliphatic carbocycles.